The molecular weight excluding hydrogens is 132 g/mol. The summed E-state index contributed by atoms with van der Waals surface area (Å²) in [7, 11) is 0. The Kier molecular flexibility index (Phi) is 2.53. The lowest BCUT2D eigenvalue weighted by molar-refractivity contribution is 0.381. The average Bonchev–Trinajstić information content (AvgIpc) is 1.86. The summed E-state index contributed by atoms with van der Waals surface area (Å²) in [6.07, 6.45) is 11.4. The molecule has 0 aliphatic heterocycles. The molecule has 0 saturated carbocycles. The summed E-state index contributed by atoms with van der Waals surface area (Å²) in [5.41, 5.74) is 1.76. The van der Waals surface area contributed by atoms with Crippen molar-refractivity contribution in [1.29, 1.82) is 0 Å². The van der Waals surface area contributed by atoms with Crippen molar-refractivity contribution in [3.63, 3.8) is 0 Å². The van der Waals surface area contributed by atoms with Gasteiger partial charge in [-0.25, -0.2) is 0 Å². The molecule has 0 aromatic carbocycles. The van der Waals surface area contributed by atoms with E-state index in [0.717, 1.165) is 6.42 Å². The molecule has 1 aliphatic rings. The van der Waals surface area contributed by atoms with Gasteiger partial charge in [0.2, 0.25) is 0 Å². The fraction of sp³-hybridized carbons (Fsp3) is 0.636. The second kappa shape index (κ2) is 3.25. The standard InChI is InChI=1S/C11H17/c1-4-7-11(3)8-5-6-10(2)9-11/h6,9H,4,7-8H2,1-3H3. The van der Waals surface area contributed by atoms with E-state index in [0.29, 0.717) is 5.41 Å². The van der Waals surface area contributed by atoms with Crippen LogP contribution in [-0.2, 0) is 0 Å². The smallest absolute Gasteiger partial charge is 0.0100 e. The van der Waals surface area contributed by atoms with Crippen LogP contribution in [0.3, 0.4) is 0 Å². The minimum atomic E-state index is 0.396. The van der Waals surface area contributed by atoms with Crippen LogP contribution in [-0.4, -0.2) is 0 Å². The van der Waals surface area contributed by atoms with E-state index in [4.69, 9.17) is 0 Å². The zero-order valence-electron chi connectivity index (χ0n) is 7.78. The number of rotatable bonds is 2. The predicted octanol–water partition coefficient (Wildman–Crippen LogP) is 3.50. The summed E-state index contributed by atoms with van der Waals surface area (Å²) >= 11 is 0. The van der Waals surface area contributed by atoms with Crippen molar-refractivity contribution >= 4 is 0 Å². The van der Waals surface area contributed by atoms with Crippen molar-refractivity contribution in [1.82, 2.24) is 0 Å². The Hall–Kier alpha value is -0.520. The van der Waals surface area contributed by atoms with Gasteiger partial charge in [-0.05, 0) is 31.3 Å². The molecule has 0 aromatic rings. The summed E-state index contributed by atoms with van der Waals surface area (Å²) in [6.45, 7) is 6.72. The number of hydrogen-bond acceptors (Lipinski definition) is 0. The first-order chi connectivity index (χ1) is 5.16. The average molecular weight is 149 g/mol. The van der Waals surface area contributed by atoms with Gasteiger partial charge in [0, 0.05) is 0 Å². The van der Waals surface area contributed by atoms with E-state index in [2.05, 4.69) is 39.0 Å². The van der Waals surface area contributed by atoms with Crippen LogP contribution in [0.4, 0.5) is 0 Å². The van der Waals surface area contributed by atoms with Crippen molar-refractivity contribution in [2.24, 2.45) is 5.41 Å². The molecule has 0 aromatic heterocycles. The molecule has 0 amide bonds. The first-order valence-electron chi connectivity index (χ1n) is 4.42. The van der Waals surface area contributed by atoms with Crippen LogP contribution in [0.5, 0.6) is 0 Å². The number of allylic oxidation sites excluding steroid dienone is 4. The Morgan fingerprint density at radius 2 is 2.36 bits per heavy atom. The van der Waals surface area contributed by atoms with Gasteiger partial charge in [-0.15, -0.1) is 0 Å². The van der Waals surface area contributed by atoms with Crippen LogP contribution in [0.2, 0.25) is 0 Å². The van der Waals surface area contributed by atoms with Crippen LogP contribution in [0.15, 0.2) is 17.7 Å². The van der Waals surface area contributed by atoms with Crippen LogP contribution < -0.4 is 0 Å². The second-order valence-corrected chi connectivity index (χ2v) is 3.82. The molecule has 1 unspecified atom stereocenters. The summed E-state index contributed by atoms with van der Waals surface area (Å²) in [5.74, 6) is 0. The normalized spacial score (nSPS) is 30.3. The topological polar surface area (TPSA) is 0 Å². The van der Waals surface area contributed by atoms with Crippen molar-refractivity contribution in [2.45, 2.75) is 40.0 Å². The highest BCUT2D eigenvalue weighted by Gasteiger charge is 2.20. The summed E-state index contributed by atoms with van der Waals surface area (Å²) in [4.78, 5) is 0. The van der Waals surface area contributed by atoms with Gasteiger partial charge < -0.3 is 0 Å². The highest BCUT2D eigenvalue weighted by atomic mass is 14.2. The lowest BCUT2D eigenvalue weighted by Crippen LogP contribution is -2.14. The molecule has 1 aliphatic carbocycles. The lowest BCUT2D eigenvalue weighted by atomic mass is 9.78. The van der Waals surface area contributed by atoms with E-state index in [1.54, 1.807) is 0 Å². The van der Waals surface area contributed by atoms with E-state index in [1.165, 1.54) is 18.4 Å². The van der Waals surface area contributed by atoms with Crippen LogP contribution in [0.25, 0.3) is 0 Å². The van der Waals surface area contributed by atoms with E-state index in [1.807, 2.05) is 0 Å². The molecule has 11 heavy (non-hydrogen) atoms. The Morgan fingerprint density at radius 1 is 1.64 bits per heavy atom. The molecular formula is C11H17. The second-order valence-electron chi connectivity index (χ2n) is 3.82. The third-order valence-electron chi connectivity index (χ3n) is 2.23. The molecule has 0 spiro atoms. The van der Waals surface area contributed by atoms with E-state index in [-0.39, 0.29) is 0 Å². The van der Waals surface area contributed by atoms with E-state index in [9.17, 15) is 0 Å². The Balaban J connectivity index is 2.66. The van der Waals surface area contributed by atoms with Gasteiger partial charge in [0.1, 0.15) is 0 Å². The minimum absolute atomic E-state index is 0.396. The number of hydrogen-bond donors (Lipinski definition) is 0. The highest BCUT2D eigenvalue weighted by Crippen LogP contribution is 2.33. The maximum absolute atomic E-state index is 3.32. The molecule has 0 bridgehead atoms. The molecule has 1 atom stereocenters. The summed E-state index contributed by atoms with van der Waals surface area (Å²) in [6, 6.07) is 0. The monoisotopic (exact) mass is 149 g/mol. The maximum atomic E-state index is 3.32. The largest absolute Gasteiger partial charge is 0.0753 e. The van der Waals surface area contributed by atoms with Gasteiger partial charge in [-0.1, -0.05) is 38.0 Å². The van der Waals surface area contributed by atoms with Crippen LogP contribution >= 0.6 is 0 Å². The quantitative estimate of drug-likeness (QED) is 0.563. The molecule has 0 fully saturated rings. The van der Waals surface area contributed by atoms with Gasteiger partial charge in [0.05, 0.1) is 0 Å². The predicted molar refractivity (Wildman–Crippen MR) is 49.2 cm³/mol. The third kappa shape index (κ3) is 2.21. The van der Waals surface area contributed by atoms with Crippen molar-refractivity contribution in [2.75, 3.05) is 0 Å². The molecule has 0 saturated heterocycles. The van der Waals surface area contributed by atoms with Gasteiger partial charge in [0.25, 0.3) is 0 Å². The van der Waals surface area contributed by atoms with Gasteiger partial charge in [-0.2, -0.15) is 0 Å². The molecule has 0 nitrogen and oxygen atoms in total. The first kappa shape index (κ1) is 8.58. The molecule has 0 heterocycles. The van der Waals surface area contributed by atoms with Gasteiger partial charge in [-0.3, -0.25) is 0 Å². The Labute approximate surface area is 70.0 Å². The zero-order valence-corrected chi connectivity index (χ0v) is 7.78. The van der Waals surface area contributed by atoms with Crippen molar-refractivity contribution in [3.8, 4) is 0 Å². The fourth-order valence-corrected chi connectivity index (χ4v) is 1.82. The van der Waals surface area contributed by atoms with Crippen molar-refractivity contribution in [3.05, 3.63) is 23.8 Å². The first-order valence-corrected chi connectivity index (χ1v) is 4.42. The highest BCUT2D eigenvalue weighted by molar-refractivity contribution is 5.22. The zero-order chi connectivity index (χ0) is 8.32. The molecule has 1 radical (unpaired) electrons. The van der Waals surface area contributed by atoms with Crippen LogP contribution in [0, 0.1) is 11.5 Å². The molecule has 1 rings (SSSR count). The Bertz CT molecular complexity index is 186. The van der Waals surface area contributed by atoms with Gasteiger partial charge in [0.15, 0.2) is 0 Å². The SMILES string of the molecule is CCCC1(C)C=C(C)C=[C]C1. The molecule has 0 N–H and O–H groups in total. The van der Waals surface area contributed by atoms with Crippen LogP contribution in [0.1, 0.15) is 40.0 Å². The molecule has 0 heteroatoms. The Morgan fingerprint density at radius 3 is 2.91 bits per heavy atom. The minimum Gasteiger partial charge on any atom is -0.0753 e. The van der Waals surface area contributed by atoms with Gasteiger partial charge >= 0.3 is 0 Å². The lowest BCUT2D eigenvalue weighted by Gasteiger charge is -2.26. The summed E-state index contributed by atoms with van der Waals surface area (Å²) < 4.78 is 0. The maximum Gasteiger partial charge on any atom is -0.0100 e. The third-order valence-corrected chi connectivity index (χ3v) is 2.23. The summed E-state index contributed by atoms with van der Waals surface area (Å²) in [5, 5.41) is 0. The van der Waals surface area contributed by atoms with Crippen molar-refractivity contribution < 1.29 is 0 Å². The van der Waals surface area contributed by atoms with E-state index < -0.39 is 0 Å². The van der Waals surface area contributed by atoms with E-state index >= 15 is 0 Å². The molecule has 61 valence electrons. The fourth-order valence-electron chi connectivity index (χ4n) is 1.82.